The molecule has 0 heterocycles. The van der Waals surface area contributed by atoms with Crippen molar-refractivity contribution in [3.8, 4) is 0 Å². The third kappa shape index (κ3) is 36.0. The van der Waals surface area contributed by atoms with Crippen LogP contribution in [0.3, 0.4) is 0 Å². The molecule has 0 aromatic rings. The summed E-state index contributed by atoms with van der Waals surface area (Å²) in [5, 5.41) is 0. The molecule has 6 N–H and O–H groups in total. The van der Waals surface area contributed by atoms with E-state index in [9.17, 15) is 9.13 Å². The molecular formula is C6H19FeN2NaO6P2+2. The van der Waals surface area contributed by atoms with Crippen molar-refractivity contribution in [3.05, 3.63) is 0 Å². The Balaban J connectivity index is -0.0000000827. The largest absolute Gasteiger partial charge is 1.00 e. The maximum Gasteiger partial charge on any atom is 1.00 e. The van der Waals surface area contributed by atoms with Gasteiger partial charge >= 0.3 is 46.1 Å². The summed E-state index contributed by atoms with van der Waals surface area (Å²) >= 11 is 0. The fraction of sp³-hybridized carbons (Fsp3) is 1.00. The quantitative estimate of drug-likeness (QED) is 0.206. The predicted molar refractivity (Wildman–Crippen MR) is 60.0 cm³/mol. The first kappa shape index (κ1) is 27.8. The zero-order valence-electron chi connectivity index (χ0n) is 11.2. The second-order valence-corrected chi connectivity index (χ2v) is 3.89. The molecule has 106 valence electrons. The minimum Gasteiger partial charge on any atom is -1.00 e. The molecule has 0 saturated heterocycles. The number of nitrogens with two attached hydrogens (primary N) is 2. The summed E-state index contributed by atoms with van der Waals surface area (Å²) in [6, 6.07) is 0. The van der Waals surface area contributed by atoms with Crippen LogP contribution in [0.15, 0.2) is 0 Å². The van der Waals surface area contributed by atoms with Crippen LogP contribution in [0.5, 0.6) is 0 Å². The first-order chi connectivity index (χ1) is 7.54. The smallest absolute Gasteiger partial charge is 1.00 e. The molecule has 18 heavy (non-hydrogen) atoms. The Morgan fingerprint density at radius 1 is 0.944 bits per heavy atom. The Hall–Kier alpha value is 1.48. The SMILES string of the molecule is NCCN.O=[P+](O)OCCCCO[P+](=O)O.[Fe].[H-].[Na+]. The molecule has 0 radical (unpaired) electrons. The molecule has 2 unspecified atom stereocenters. The molecule has 0 aromatic carbocycles. The normalized spacial score (nSPS) is 10.2. The van der Waals surface area contributed by atoms with E-state index in [1.165, 1.54) is 0 Å². The number of unbranched alkanes of at least 4 members (excludes halogenated alkanes) is 1. The molecule has 0 aliphatic rings. The van der Waals surface area contributed by atoms with Gasteiger partial charge in [0.05, 0.1) is 0 Å². The van der Waals surface area contributed by atoms with Gasteiger partial charge in [0.25, 0.3) is 0 Å². The molecule has 0 rings (SSSR count). The first-order valence-corrected chi connectivity index (χ1v) is 6.78. The Morgan fingerprint density at radius 2 is 1.22 bits per heavy atom. The minimum atomic E-state index is -2.53. The third-order valence-corrected chi connectivity index (χ3v) is 1.92. The summed E-state index contributed by atoms with van der Waals surface area (Å²) in [6.07, 6.45) is 1.04. The Bertz CT molecular complexity index is 191. The molecule has 0 saturated carbocycles. The second kappa shape index (κ2) is 23.6. The van der Waals surface area contributed by atoms with Crippen molar-refractivity contribution in [1.82, 2.24) is 0 Å². The molecule has 0 aliphatic heterocycles. The average Bonchev–Trinajstić information content (AvgIpc) is 2.23. The standard InChI is InChI=1S/C4H8O6P2.C2H8N2.Fe.Na.H/c5-11(6)9-3-1-2-4-10-12(7)8;3-1-2-4;;;/h1-4H2;1-4H2;;;/q;;;+1;-1/p+2. The van der Waals surface area contributed by atoms with Crippen LogP contribution >= 0.6 is 16.5 Å². The summed E-state index contributed by atoms with van der Waals surface area (Å²) in [6.45, 7) is 1.49. The monoisotopic (exact) mass is 356 g/mol. The Morgan fingerprint density at radius 3 is 1.39 bits per heavy atom. The van der Waals surface area contributed by atoms with Gasteiger partial charge in [0.2, 0.25) is 0 Å². The number of hydrogen-bond acceptors (Lipinski definition) is 6. The maximum atomic E-state index is 9.95. The zero-order chi connectivity index (χ0) is 12.8. The van der Waals surface area contributed by atoms with Gasteiger partial charge in [-0.1, -0.05) is 0 Å². The van der Waals surface area contributed by atoms with Gasteiger partial charge in [0.15, 0.2) is 0 Å². The van der Waals surface area contributed by atoms with Crippen molar-refractivity contribution in [1.29, 1.82) is 0 Å². The summed E-state index contributed by atoms with van der Waals surface area (Å²) < 4.78 is 28.5. The first-order valence-electron chi connectivity index (χ1n) is 4.52. The predicted octanol–water partition coefficient (Wildman–Crippen LogP) is -2.88. The van der Waals surface area contributed by atoms with E-state index in [1.54, 1.807) is 0 Å². The number of rotatable bonds is 8. The second-order valence-electron chi connectivity index (χ2n) is 2.43. The van der Waals surface area contributed by atoms with Crippen LogP contribution < -0.4 is 41.0 Å². The van der Waals surface area contributed by atoms with Crippen LogP contribution in [-0.2, 0) is 35.2 Å². The van der Waals surface area contributed by atoms with Crippen LogP contribution in [0.1, 0.15) is 14.3 Å². The Kier molecular flexibility index (Phi) is 36.3. The van der Waals surface area contributed by atoms with E-state index in [-0.39, 0.29) is 61.3 Å². The van der Waals surface area contributed by atoms with Crippen LogP contribution in [0, 0.1) is 0 Å². The van der Waals surface area contributed by atoms with Crippen LogP contribution in [-0.4, -0.2) is 36.1 Å². The summed E-state index contributed by atoms with van der Waals surface area (Å²) in [7, 11) is -5.06. The van der Waals surface area contributed by atoms with E-state index in [0.29, 0.717) is 25.9 Å². The van der Waals surface area contributed by atoms with E-state index in [0.717, 1.165) is 0 Å². The van der Waals surface area contributed by atoms with Gasteiger partial charge in [0.1, 0.15) is 13.2 Å². The van der Waals surface area contributed by atoms with Crippen LogP contribution in [0.4, 0.5) is 0 Å². The topological polar surface area (TPSA) is 145 Å². The maximum absolute atomic E-state index is 9.95. The van der Waals surface area contributed by atoms with Gasteiger partial charge in [-0.3, -0.25) is 0 Å². The van der Waals surface area contributed by atoms with E-state index in [2.05, 4.69) is 9.05 Å². The van der Waals surface area contributed by atoms with Gasteiger partial charge in [0, 0.05) is 39.3 Å². The van der Waals surface area contributed by atoms with E-state index >= 15 is 0 Å². The minimum absolute atomic E-state index is 0. The van der Waals surface area contributed by atoms with E-state index in [1.807, 2.05) is 0 Å². The fourth-order valence-corrected chi connectivity index (χ4v) is 1.06. The van der Waals surface area contributed by atoms with Crippen LogP contribution in [0.25, 0.3) is 0 Å². The molecule has 12 heteroatoms. The van der Waals surface area contributed by atoms with Crippen LogP contribution in [0.2, 0.25) is 0 Å². The number of hydrogen-bond donors (Lipinski definition) is 4. The molecule has 0 amide bonds. The van der Waals surface area contributed by atoms with Gasteiger partial charge in [-0.2, -0.15) is 0 Å². The molecule has 0 bridgehead atoms. The van der Waals surface area contributed by atoms with Gasteiger partial charge < -0.3 is 12.9 Å². The van der Waals surface area contributed by atoms with Gasteiger partial charge in [-0.15, -0.1) is 18.8 Å². The van der Waals surface area contributed by atoms with Crippen molar-refractivity contribution in [2.45, 2.75) is 12.8 Å². The van der Waals surface area contributed by atoms with E-state index < -0.39 is 16.5 Å². The molecule has 0 aromatic heterocycles. The fourth-order valence-electron chi connectivity index (χ4n) is 0.489. The van der Waals surface area contributed by atoms with E-state index in [4.69, 9.17) is 21.3 Å². The van der Waals surface area contributed by atoms with Crippen molar-refractivity contribution in [2.75, 3.05) is 26.3 Å². The molecule has 2 atom stereocenters. The average molecular weight is 356 g/mol. The molecule has 0 spiro atoms. The van der Waals surface area contributed by atoms with Gasteiger partial charge in [-0.25, -0.2) is 0 Å². The molecule has 0 fully saturated rings. The van der Waals surface area contributed by atoms with Crippen molar-refractivity contribution in [3.63, 3.8) is 0 Å². The van der Waals surface area contributed by atoms with Gasteiger partial charge in [-0.05, 0) is 12.8 Å². The third-order valence-electron chi connectivity index (χ3n) is 1.11. The summed E-state index contributed by atoms with van der Waals surface area (Å²) in [5.41, 5.74) is 9.81. The zero-order valence-corrected chi connectivity index (χ0v) is 15.1. The molecule has 0 aliphatic carbocycles. The molecule has 8 nitrogen and oxygen atoms in total. The summed E-state index contributed by atoms with van der Waals surface area (Å²) in [4.78, 5) is 16.3. The summed E-state index contributed by atoms with van der Waals surface area (Å²) in [5.74, 6) is 0. The van der Waals surface area contributed by atoms with Crippen molar-refractivity contribution >= 4 is 16.5 Å². The Labute approximate surface area is 142 Å². The van der Waals surface area contributed by atoms with Crippen molar-refractivity contribution < 1.29 is 76.0 Å². The van der Waals surface area contributed by atoms with Crippen molar-refractivity contribution in [2.24, 2.45) is 11.5 Å². The molecular weight excluding hydrogens is 337 g/mol.